The highest BCUT2D eigenvalue weighted by Crippen LogP contribution is 2.28. The first-order chi connectivity index (χ1) is 13.3. The first-order valence-corrected chi connectivity index (χ1v) is 10.7. The number of benzene rings is 2. The maximum absolute atomic E-state index is 12.7. The van der Waals surface area contributed by atoms with Crippen molar-refractivity contribution in [2.45, 2.75) is 25.9 Å². The SMILES string of the molecule is O=C(CC1CCS(=O)(=O)C1)Nc1ccc(OC(F)F)c(Cc2ccccc2)c1. The van der Waals surface area contributed by atoms with Crippen LogP contribution in [-0.2, 0) is 21.1 Å². The van der Waals surface area contributed by atoms with Crippen LogP contribution in [0.25, 0.3) is 0 Å². The number of carbonyl (C=O) groups excluding carboxylic acids is 1. The van der Waals surface area contributed by atoms with Crippen LogP contribution in [0.4, 0.5) is 14.5 Å². The van der Waals surface area contributed by atoms with Crippen molar-refractivity contribution in [2.75, 3.05) is 16.8 Å². The Morgan fingerprint density at radius 2 is 1.93 bits per heavy atom. The van der Waals surface area contributed by atoms with E-state index in [9.17, 15) is 22.0 Å². The number of halogens is 2. The molecule has 2 aromatic carbocycles. The minimum absolute atomic E-state index is 0.0286. The minimum Gasteiger partial charge on any atom is -0.435 e. The van der Waals surface area contributed by atoms with Gasteiger partial charge in [0.1, 0.15) is 5.75 Å². The number of hydrogen-bond donors (Lipinski definition) is 1. The summed E-state index contributed by atoms with van der Waals surface area (Å²) in [6, 6.07) is 13.8. The molecule has 0 radical (unpaired) electrons. The van der Waals surface area contributed by atoms with Crippen molar-refractivity contribution in [3.8, 4) is 5.75 Å². The third-order valence-electron chi connectivity index (χ3n) is 4.60. The molecule has 0 saturated carbocycles. The number of sulfone groups is 1. The maximum atomic E-state index is 12.7. The fourth-order valence-corrected chi connectivity index (χ4v) is 5.19. The van der Waals surface area contributed by atoms with E-state index in [4.69, 9.17) is 0 Å². The Kier molecular flexibility index (Phi) is 6.28. The van der Waals surface area contributed by atoms with Crippen LogP contribution in [0.15, 0.2) is 48.5 Å². The first kappa shape index (κ1) is 20.3. The summed E-state index contributed by atoms with van der Waals surface area (Å²) in [6.07, 6.45) is 0.964. The molecule has 0 spiro atoms. The normalized spacial score (nSPS) is 18.2. The molecule has 1 saturated heterocycles. The van der Waals surface area contributed by atoms with Crippen LogP contribution in [0.3, 0.4) is 0 Å². The standard InChI is InChI=1S/C20H21F2NO4S/c21-20(22)27-18-7-6-17(12-16(18)10-14-4-2-1-3-5-14)23-19(24)11-15-8-9-28(25,26)13-15/h1-7,12,15,20H,8-11,13H2,(H,23,24). The topological polar surface area (TPSA) is 72.5 Å². The van der Waals surface area contributed by atoms with Crippen LogP contribution in [0, 0.1) is 5.92 Å². The van der Waals surface area contributed by atoms with Gasteiger partial charge < -0.3 is 10.1 Å². The van der Waals surface area contributed by atoms with Crippen LogP contribution < -0.4 is 10.1 Å². The van der Waals surface area contributed by atoms with Gasteiger partial charge in [-0.2, -0.15) is 8.78 Å². The predicted octanol–water partition coefficient (Wildman–Crippen LogP) is 3.64. The summed E-state index contributed by atoms with van der Waals surface area (Å²) in [5.74, 6) is -0.281. The van der Waals surface area contributed by atoms with Gasteiger partial charge >= 0.3 is 6.61 Å². The molecule has 1 fully saturated rings. The van der Waals surface area contributed by atoms with Crippen LogP contribution in [0.5, 0.6) is 5.75 Å². The van der Waals surface area contributed by atoms with Gasteiger partial charge in [0.2, 0.25) is 5.91 Å². The van der Waals surface area contributed by atoms with Crippen LogP contribution in [0.1, 0.15) is 24.0 Å². The lowest BCUT2D eigenvalue weighted by molar-refractivity contribution is -0.116. The number of ether oxygens (including phenoxy) is 1. The van der Waals surface area contributed by atoms with E-state index in [1.165, 1.54) is 12.1 Å². The summed E-state index contributed by atoms with van der Waals surface area (Å²) in [7, 11) is -3.04. The summed E-state index contributed by atoms with van der Waals surface area (Å²) in [5, 5.41) is 2.73. The molecule has 2 aromatic rings. The second-order valence-corrected chi connectivity index (χ2v) is 9.11. The van der Waals surface area contributed by atoms with Crippen molar-refractivity contribution in [1.29, 1.82) is 0 Å². The average molecular weight is 409 g/mol. The third-order valence-corrected chi connectivity index (χ3v) is 6.44. The van der Waals surface area contributed by atoms with E-state index in [1.807, 2.05) is 30.3 Å². The molecule has 5 nitrogen and oxygen atoms in total. The lowest BCUT2D eigenvalue weighted by Gasteiger charge is -2.14. The zero-order valence-corrected chi connectivity index (χ0v) is 15.9. The Morgan fingerprint density at radius 1 is 1.18 bits per heavy atom. The summed E-state index contributed by atoms with van der Waals surface area (Å²) in [5.41, 5.74) is 1.90. The summed E-state index contributed by atoms with van der Waals surface area (Å²) in [4.78, 5) is 12.3. The molecule has 1 atom stereocenters. The molecular formula is C20H21F2NO4S. The van der Waals surface area contributed by atoms with E-state index in [-0.39, 0.29) is 35.5 Å². The van der Waals surface area contributed by atoms with E-state index in [2.05, 4.69) is 10.1 Å². The Balaban J connectivity index is 1.72. The van der Waals surface area contributed by atoms with Gasteiger partial charge in [-0.15, -0.1) is 0 Å². The number of rotatable bonds is 7. The zero-order chi connectivity index (χ0) is 20.1. The Labute approximate surface area is 162 Å². The van der Waals surface area contributed by atoms with Crippen molar-refractivity contribution in [1.82, 2.24) is 0 Å². The second-order valence-electron chi connectivity index (χ2n) is 6.88. The molecule has 0 aliphatic carbocycles. The highest BCUT2D eigenvalue weighted by Gasteiger charge is 2.29. The van der Waals surface area contributed by atoms with Gasteiger partial charge in [0, 0.05) is 24.1 Å². The van der Waals surface area contributed by atoms with E-state index in [0.717, 1.165) is 5.56 Å². The van der Waals surface area contributed by atoms with Gasteiger partial charge in [-0.25, -0.2) is 8.42 Å². The van der Waals surface area contributed by atoms with Crippen LogP contribution >= 0.6 is 0 Å². The van der Waals surface area contributed by atoms with Gasteiger partial charge in [0.15, 0.2) is 9.84 Å². The molecule has 1 unspecified atom stereocenters. The summed E-state index contributed by atoms with van der Waals surface area (Å²) >= 11 is 0. The number of hydrogen-bond acceptors (Lipinski definition) is 4. The number of anilines is 1. The van der Waals surface area contributed by atoms with Gasteiger partial charge in [-0.1, -0.05) is 30.3 Å². The fraction of sp³-hybridized carbons (Fsp3) is 0.350. The van der Waals surface area contributed by atoms with Crippen molar-refractivity contribution in [3.05, 3.63) is 59.7 Å². The van der Waals surface area contributed by atoms with E-state index >= 15 is 0 Å². The van der Waals surface area contributed by atoms with Gasteiger partial charge in [0.05, 0.1) is 11.5 Å². The van der Waals surface area contributed by atoms with E-state index in [0.29, 0.717) is 24.1 Å². The number of carbonyl (C=O) groups is 1. The third kappa shape index (κ3) is 5.76. The molecule has 1 N–H and O–H groups in total. The Bertz CT molecular complexity index is 932. The molecule has 28 heavy (non-hydrogen) atoms. The molecule has 8 heteroatoms. The first-order valence-electron chi connectivity index (χ1n) is 8.93. The number of alkyl halides is 2. The Hall–Kier alpha value is -2.48. The smallest absolute Gasteiger partial charge is 0.387 e. The van der Waals surface area contributed by atoms with Gasteiger partial charge in [-0.3, -0.25) is 4.79 Å². The van der Waals surface area contributed by atoms with Crippen molar-refractivity contribution >= 4 is 21.4 Å². The quantitative estimate of drug-likeness (QED) is 0.758. The molecule has 1 aliphatic heterocycles. The lowest BCUT2D eigenvalue weighted by atomic mass is 10.0. The largest absolute Gasteiger partial charge is 0.435 e. The van der Waals surface area contributed by atoms with Crippen molar-refractivity contribution in [2.24, 2.45) is 5.92 Å². The van der Waals surface area contributed by atoms with E-state index < -0.39 is 16.4 Å². The van der Waals surface area contributed by atoms with Gasteiger partial charge in [-0.05, 0) is 36.1 Å². The lowest BCUT2D eigenvalue weighted by Crippen LogP contribution is -2.17. The van der Waals surface area contributed by atoms with Crippen LogP contribution in [0.2, 0.25) is 0 Å². The highest BCUT2D eigenvalue weighted by molar-refractivity contribution is 7.91. The van der Waals surface area contributed by atoms with Crippen molar-refractivity contribution < 1.29 is 26.7 Å². The van der Waals surface area contributed by atoms with Crippen LogP contribution in [-0.4, -0.2) is 32.4 Å². The molecule has 3 rings (SSSR count). The molecule has 150 valence electrons. The minimum atomic E-state index is -3.04. The molecule has 0 bridgehead atoms. The molecule has 1 heterocycles. The molecular weight excluding hydrogens is 388 g/mol. The Morgan fingerprint density at radius 3 is 2.57 bits per heavy atom. The highest BCUT2D eigenvalue weighted by atomic mass is 32.2. The zero-order valence-electron chi connectivity index (χ0n) is 15.1. The van der Waals surface area contributed by atoms with Crippen molar-refractivity contribution in [3.63, 3.8) is 0 Å². The molecule has 1 amide bonds. The fourth-order valence-electron chi connectivity index (χ4n) is 3.33. The second kappa shape index (κ2) is 8.68. The molecule has 0 aromatic heterocycles. The molecule has 1 aliphatic rings. The maximum Gasteiger partial charge on any atom is 0.387 e. The van der Waals surface area contributed by atoms with E-state index in [1.54, 1.807) is 6.07 Å². The summed E-state index contributed by atoms with van der Waals surface area (Å²) in [6.45, 7) is -2.95. The number of amides is 1. The number of nitrogens with one attached hydrogen (secondary N) is 1. The monoisotopic (exact) mass is 409 g/mol. The predicted molar refractivity (Wildman–Crippen MR) is 102 cm³/mol. The average Bonchev–Trinajstić information content (AvgIpc) is 2.96. The summed E-state index contributed by atoms with van der Waals surface area (Å²) < 4.78 is 53.0. The van der Waals surface area contributed by atoms with Gasteiger partial charge in [0.25, 0.3) is 0 Å².